The zero-order valence-electron chi connectivity index (χ0n) is 18.3. The van der Waals surface area contributed by atoms with Crippen LogP contribution < -0.4 is 10.1 Å². The van der Waals surface area contributed by atoms with Gasteiger partial charge in [-0.3, -0.25) is 4.79 Å². The number of nitrogens with zero attached hydrogens (tertiary/aromatic N) is 2. The van der Waals surface area contributed by atoms with Crippen LogP contribution in [-0.4, -0.2) is 36.3 Å². The highest BCUT2D eigenvalue weighted by Crippen LogP contribution is 2.25. The fraction of sp³-hybridized carbons (Fsp3) is 0.308. The topological polar surface area (TPSA) is 76.3 Å². The van der Waals surface area contributed by atoms with E-state index in [0.29, 0.717) is 23.9 Å². The van der Waals surface area contributed by atoms with E-state index in [0.717, 1.165) is 48.9 Å². The molecule has 170 valence electrons. The summed E-state index contributed by atoms with van der Waals surface area (Å²) in [7, 11) is 0. The number of aromatic nitrogens is 1. The Labute approximate surface area is 198 Å². The molecule has 1 aromatic heterocycles. The molecule has 6 nitrogen and oxygen atoms in total. The second-order valence-electron chi connectivity index (χ2n) is 7.94. The molecule has 2 aromatic carbocycles. The predicted octanol–water partition coefficient (Wildman–Crippen LogP) is 4.97. The van der Waals surface area contributed by atoms with Crippen LogP contribution in [0.25, 0.3) is 17.0 Å². The number of amides is 1. The highest BCUT2D eigenvalue weighted by atomic mass is 35.5. The van der Waals surface area contributed by atoms with Crippen LogP contribution in [0, 0.1) is 11.3 Å². The minimum absolute atomic E-state index is 0.0313. The number of para-hydroxylation sites is 2. The number of ether oxygens (including phenoxy) is 2. The molecule has 0 spiro atoms. The Kier molecular flexibility index (Phi) is 7.66. The maximum absolute atomic E-state index is 12.6. The number of fused-ring (bicyclic) bond motifs is 1. The molecule has 1 N–H and O–H groups in total. The number of halogens is 1. The van der Waals surface area contributed by atoms with E-state index in [2.05, 4.69) is 9.88 Å². The third-order valence-electron chi connectivity index (χ3n) is 5.64. The molecular weight excluding hydrogens is 438 g/mol. The van der Waals surface area contributed by atoms with Gasteiger partial charge in [0.15, 0.2) is 0 Å². The molecule has 1 fully saturated rings. The van der Waals surface area contributed by atoms with Crippen LogP contribution in [0.3, 0.4) is 0 Å². The highest BCUT2D eigenvalue weighted by Gasteiger charge is 2.18. The van der Waals surface area contributed by atoms with Gasteiger partial charge in [-0.15, -0.1) is 0 Å². The maximum atomic E-state index is 12.6. The molecule has 4 rings (SSSR count). The summed E-state index contributed by atoms with van der Waals surface area (Å²) in [5.41, 5.74) is 1.96. The van der Waals surface area contributed by atoms with Crippen LogP contribution in [0.1, 0.15) is 24.8 Å². The molecule has 1 atom stereocenters. The lowest BCUT2D eigenvalue weighted by Crippen LogP contribution is -2.32. The molecule has 2 heterocycles. The molecule has 1 aliphatic rings. The SMILES string of the molecule is N#C/C(=C\c1cn(CCCOc2ccccc2Cl)c2ccccc12)C(=O)NC[C@@H]1CCCO1. The Morgan fingerprint density at radius 3 is 2.88 bits per heavy atom. The van der Waals surface area contributed by atoms with Gasteiger partial charge in [0.1, 0.15) is 17.4 Å². The van der Waals surface area contributed by atoms with Gasteiger partial charge in [0, 0.05) is 42.4 Å². The van der Waals surface area contributed by atoms with E-state index in [1.165, 1.54) is 0 Å². The Bertz CT molecular complexity index is 1190. The standard InChI is InChI=1S/C26H26ClN3O3/c27-23-9-2-4-11-25(23)33-14-6-12-30-18-20(22-8-1-3-10-24(22)30)15-19(16-28)26(31)29-17-21-7-5-13-32-21/h1-4,8-11,15,18,21H,5-7,12-14,17H2,(H,29,31)/b19-15+/t21-/m0/s1. The van der Waals surface area contributed by atoms with E-state index in [4.69, 9.17) is 21.1 Å². The molecule has 33 heavy (non-hydrogen) atoms. The van der Waals surface area contributed by atoms with Gasteiger partial charge in [0.05, 0.1) is 17.7 Å². The second kappa shape index (κ2) is 11.0. The van der Waals surface area contributed by atoms with Crippen LogP contribution in [-0.2, 0) is 16.1 Å². The van der Waals surface area contributed by atoms with Gasteiger partial charge < -0.3 is 19.4 Å². The number of hydrogen-bond donors (Lipinski definition) is 1. The number of hydrogen-bond acceptors (Lipinski definition) is 4. The molecule has 7 heteroatoms. The number of nitriles is 1. The number of benzene rings is 2. The average molecular weight is 464 g/mol. The van der Waals surface area contributed by atoms with E-state index >= 15 is 0 Å². The van der Waals surface area contributed by atoms with E-state index in [-0.39, 0.29) is 17.6 Å². The van der Waals surface area contributed by atoms with Crippen molar-refractivity contribution >= 4 is 34.5 Å². The second-order valence-corrected chi connectivity index (χ2v) is 8.35. The number of nitrogens with one attached hydrogen (secondary N) is 1. The summed E-state index contributed by atoms with van der Waals surface area (Å²) in [4.78, 5) is 12.6. The lowest BCUT2D eigenvalue weighted by Gasteiger charge is -2.10. The van der Waals surface area contributed by atoms with Crippen molar-refractivity contribution in [2.45, 2.75) is 31.9 Å². The number of aryl methyl sites for hydroxylation is 1. The van der Waals surface area contributed by atoms with Gasteiger partial charge in [-0.25, -0.2) is 0 Å². The van der Waals surface area contributed by atoms with Crippen LogP contribution in [0.4, 0.5) is 0 Å². The summed E-state index contributed by atoms with van der Waals surface area (Å²) in [6.07, 6.45) is 6.38. The molecule has 1 aliphatic heterocycles. The van der Waals surface area contributed by atoms with Crippen molar-refractivity contribution in [3.05, 3.63) is 70.9 Å². The maximum Gasteiger partial charge on any atom is 0.262 e. The zero-order valence-corrected chi connectivity index (χ0v) is 19.1. The number of carbonyl (C=O) groups excluding carboxylic acids is 1. The zero-order chi connectivity index (χ0) is 23.0. The van der Waals surface area contributed by atoms with E-state index < -0.39 is 0 Å². The van der Waals surface area contributed by atoms with Crippen LogP contribution in [0.5, 0.6) is 5.75 Å². The smallest absolute Gasteiger partial charge is 0.262 e. The quantitative estimate of drug-likeness (QED) is 0.276. The molecule has 3 aromatic rings. The van der Waals surface area contributed by atoms with Gasteiger partial charge in [-0.2, -0.15) is 5.26 Å². The Hall–Kier alpha value is -3.27. The highest BCUT2D eigenvalue weighted by molar-refractivity contribution is 6.32. The Morgan fingerprint density at radius 2 is 2.09 bits per heavy atom. The van der Waals surface area contributed by atoms with E-state index in [1.807, 2.05) is 54.7 Å². The third kappa shape index (κ3) is 5.75. The minimum Gasteiger partial charge on any atom is -0.492 e. The molecule has 0 aliphatic carbocycles. The van der Waals surface area contributed by atoms with Crippen LogP contribution in [0.2, 0.25) is 5.02 Å². The van der Waals surface area contributed by atoms with Crippen molar-refractivity contribution in [2.75, 3.05) is 19.8 Å². The third-order valence-corrected chi connectivity index (χ3v) is 5.95. The van der Waals surface area contributed by atoms with Gasteiger partial charge in [0.2, 0.25) is 0 Å². The lowest BCUT2D eigenvalue weighted by molar-refractivity contribution is -0.117. The minimum atomic E-state index is -0.377. The lowest BCUT2D eigenvalue weighted by atomic mass is 10.1. The van der Waals surface area contributed by atoms with Gasteiger partial charge in [-0.1, -0.05) is 41.9 Å². The largest absolute Gasteiger partial charge is 0.492 e. The fourth-order valence-corrected chi connectivity index (χ4v) is 4.16. The number of carbonyl (C=O) groups is 1. The van der Waals surface area contributed by atoms with Crippen molar-refractivity contribution in [3.8, 4) is 11.8 Å². The number of rotatable bonds is 9. The summed E-state index contributed by atoms with van der Waals surface area (Å²) in [5, 5.41) is 14.0. The molecule has 0 saturated carbocycles. The van der Waals surface area contributed by atoms with Crippen molar-refractivity contribution in [1.82, 2.24) is 9.88 Å². The van der Waals surface area contributed by atoms with Crippen molar-refractivity contribution in [2.24, 2.45) is 0 Å². The summed E-state index contributed by atoms with van der Waals surface area (Å²) in [6.45, 7) is 2.40. The molecule has 1 saturated heterocycles. The first kappa shape index (κ1) is 22.9. The fourth-order valence-electron chi connectivity index (χ4n) is 3.97. The first-order valence-electron chi connectivity index (χ1n) is 11.1. The Balaban J connectivity index is 1.44. The first-order chi connectivity index (χ1) is 16.2. The molecule has 1 amide bonds. The summed E-state index contributed by atoms with van der Waals surface area (Å²) < 4.78 is 13.5. The van der Waals surface area contributed by atoms with E-state index in [1.54, 1.807) is 12.1 Å². The summed E-state index contributed by atoms with van der Waals surface area (Å²) in [6, 6.07) is 17.4. The average Bonchev–Trinajstić information content (AvgIpc) is 3.48. The normalized spacial score (nSPS) is 16.0. The van der Waals surface area contributed by atoms with E-state index in [9.17, 15) is 10.1 Å². The summed E-state index contributed by atoms with van der Waals surface area (Å²) in [5.74, 6) is 0.297. The molecule has 0 unspecified atom stereocenters. The summed E-state index contributed by atoms with van der Waals surface area (Å²) >= 11 is 6.15. The predicted molar refractivity (Wildman–Crippen MR) is 129 cm³/mol. The van der Waals surface area contributed by atoms with Gasteiger partial charge in [0.25, 0.3) is 5.91 Å². The monoisotopic (exact) mass is 463 g/mol. The van der Waals surface area contributed by atoms with Gasteiger partial charge in [-0.05, 0) is 43.5 Å². The van der Waals surface area contributed by atoms with Crippen molar-refractivity contribution in [1.29, 1.82) is 5.26 Å². The molecule has 0 bridgehead atoms. The first-order valence-corrected chi connectivity index (χ1v) is 11.5. The Morgan fingerprint density at radius 1 is 1.27 bits per heavy atom. The van der Waals surface area contributed by atoms with Crippen LogP contribution >= 0.6 is 11.6 Å². The van der Waals surface area contributed by atoms with Crippen LogP contribution in [0.15, 0.2) is 60.3 Å². The molecular formula is C26H26ClN3O3. The van der Waals surface area contributed by atoms with Gasteiger partial charge >= 0.3 is 0 Å². The molecule has 0 radical (unpaired) electrons. The van der Waals surface area contributed by atoms with Crippen molar-refractivity contribution < 1.29 is 14.3 Å². The van der Waals surface area contributed by atoms with Crippen molar-refractivity contribution in [3.63, 3.8) is 0 Å².